The van der Waals surface area contributed by atoms with Crippen LogP contribution in [-0.4, -0.2) is 5.11 Å². The average Bonchev–Trinajstić information content (AvgIpc) is 2.25. The van der Waals surface area contributed by atoms with Crippen molar-refractivity contribution in [3.8, 4) is 0 Å². The SMILES string of the molecule is OC1=Cc2ccccc2NN=N1. The first-order chi connectivity index (χ1) is 5.86. The van der Waals surface area contributed by atoms with Crippen LogP contribution in [0.25, 0.3) is 6.08 Å². The number of aliphatic hydroxyl groups excluding tert-OH is 1. The topological polar surface area (TPSA) is 57.0 Å². The normalized spacial score (nSPS) is 14.2. The van der Waals surface area contributed by atoms with E-state index in [0.29, 0.717) is 0 Å². The van der Waals surface area contributed by atoms with Gasteiger partial charge in [-0.05, 0) is 6.07 Å². The van der Waals surface area contributed by atoms with Crippen molar-refractivity contribution in [2.75, 3.05) is 5.43 Å². The van der Waals surface area contributed by atoms with Gasteiger partial charge in [-0.15, -0.1) is 0 Å². The van der Waals surface area contributed by atoms with Crippen molar-refractivity contribution in [3.63, 3.8) is 0 Å². The molecule has 4 heteroatoms. The van der Waals surface area contributed by atoms with Crippen molar-refractivity contribution >= 4 is 11.8 Å². The predicted octanol–water partition coefficient (Wildman–Crippen LogP) is 2.34. The molecule has 0 amide bonds. The molecule has 4 nitrogen and oxygen atoms in total. The molecule has 2 rings (SSSR count). The molecule has 0 aliphatic carbocycles. The zero-order chi connectivity index (χ0) is 8.39. The number of para-hydroxylation sites is 1. The van der Waals surface area contributed by atoms with Crippen molar-refractivity contribution < 1.29 is 5.11 Å². The number of nitrogens with zero attached hydrogens (tertiary/aromatic N) is 2. The van der Waals surface area contributed by atoms with E-state index in [0.717, 1.165) is 11.3 Å². The first-order valence-electron chi connectivity index (χ1n) is 3.53. The highest BCUT2D eigenvalue weighted by molar-refractivity contribution is 5.67. The highest BCUT2D eigenvalue weighted by Crippen LogP contribution is 2.20. The average molecular weight is 161 g/mol. The van der Waals surface area contributed by atoms with Crippen LogP contribution in [0.5, 0.6) is 0 Å². The van der Waals surface area contributed by atoms with E-state index in [9.17, 15) is 0 Å². The first-order valence-corrected chi connectivity index (χ1v) is 3.53. The molecule has 0 aromatic heterocycles. The first kappa shape index (κ1) is 6.84. The summed E-state index contributed by atoms with van der Waals surface area (Å²) in [5.41, 5.74) is 4.42. The minimum absolute atomic E-state index is 0.0903. The van der Waals surface area contributed by atoms with Gasteiger partial charge in [-0.2, -0.15) is 0 Å². The molecule has 60 valence electrons. The summed E-state index contributed by atoms with van der Waals surface area (Å²) in [7, 11) is 0. The van der Waals surface area contributed by atoms with Gasteiger partial charge in [0, 0.05) is 11.6 Å². The van der Waals surface area contributed by atoms with E-state index in [1.165, 1.54) is 0 Å². The van der Waals surface area contributed by atoms with E-state index in [2.05, 4.69) is 15.8 Å². The lowest BCUT2D eigenvalue weighted by Crippen LogP contribution is -1.87. The standard InChI is InChI=1S/C8H7N3O/c12-8-5-6-3-1-2-4-7(6)9-11-10-8/h1-5,12H,(H,9,10). The third-order valence-corrected chi connectivity index (χ3v) is 1.57. The lowest BCUT2D eigenvalue weighted by atomic mass is 10.2. The Morgan fingerprint density at radius 3 is 3.00 bits per heavy atom. The van der Waals surface area contributed by atoms with Crippen LogP contribution in [0.1, 0.15) is 5.56 Å². The fourth-order valence-electron chi connectivity index (χ4n) is 1.02. The Labute approximate surface area is 69.2 Å². The molecule has 0 spiro atoms. The Bertz CT molecular complexity index is 357. The van der Waals surface area contributed by atoms with Crippen molar-refractivity contribution in [1.82, 2.24) is 0 Å². The van der Waals surface area contributed by atoms with E-state index in [1.54, 1.807) is 6.08 Å². The molecule has 1 aliphatic heterocycles. The molecule has 0 radical (unpaired) electrons. The van der Waals surface area contributed by atoms with Crippen LogP contribution in [-0.2, 0) is 0 Å². The van der Waals surface area contributed by atoms with Crippen LogP contribution in [0.15, 0.2) is 40.5 Å². The summed E-state index contributed by atoms with van der Waals surface area (Å²) in [6.07, 6.45) is 1.55. The molecule has 0 bridgehead atoms. The second kappa shape index (κ2) is 2.65. The Morgan fingerprint density at radius 1 is 1.25 bits per heavy atom. The van der Waals surface area contributed by atoms with Gasteiger partial charge in [0.1, 0.15) is 0 Å². The van der Waals surface area contributed by atoms with Crippen LogP contribution in [0.2, 0.25) is 0 Å². The van der Waals surface area contributed by atoms with Gasteiger partial charge in [0.05, 0.1) is 5.69 Å². The zero-order valence-electron chi connectivity index (χ0n) is 6.23. The highest BCUT2D eigenvalue weighted by atomic mass is 16.3. The molecule has 2 N–H and O–H groups in total. The van der Waals surface area contributed by atoms with Gasteiger partial charge in [0.2, 0.25) is 5.88 Å². The fraction of sp³-hybridized carbons (Fsp3) is 0. The maximum Gasteiger partial charge on any atom is 0.233 e. The maximum atomic E-state index is 9.10. The van der Waals surface area contributed by atoms with E-state index < -0.39 is 0 Å². The van der Waals surface area contributed by atoms with Gasteiger partial charge >= 0.3 is 0 Å². The Hall–Kier alpha value is -1.84. The highest BCUT2D eigenvalue weighted by Gasteiger charge is 2.02. The van der Waals surface area contributed by atoms with Crippen LogP contribution in [0.4, 0.5) is 5.69 Å². The minimum atomic E-state index is -0.0903. The summed E-state index contributed by atoms with van der Waals surface area (Å²) in [6.45, 7) is 0. The van der Waals surface area contributed by atoms with Crippen molar-refractivity contribution in [2.45, 2.75) is 0 Å². The lowest BCUT2D eigenvalue weighted by Gasteiger charge is -1.99. The quantitative estimate of drug-likeness (QED) is 0.613. The number of hydrogen-bond acceptors (Lipinski definition) is 4. The smallest absolute Gasteiger partial charge is 0.233 e. The third-order valence-electron chi connectivity index (χ3n) is 1.57. The van der Waals surface area contributed by atoms with Gasteiger partial charge in [0.25, 0.3) is 0 Å². The molecular weight excluding hydrogens is 154 g/mol. The second-order valence-electron chi connectivity index (χ2n) is 2.40. The van der Waals surface area contributed by atoms with Crippen LogP contribution < -0.4 is 5.43 Å². The van der Waals surface area contributed by atoms with Crippen LogP contribution in [0.3, 0.4) is 0 Å². The van der Waals surface area contributed by atoms with E-state index in [-0.39, 0.29) is 5.88 Å². The number of nitrogens with one attached hydrogen (secondary N) is 1. The minimum Gasteiger partial charge on any atom is -0.492 e. The Kier molecular flexibility index (Phi) is 1.51. The van der Waals surface area contributed by atoms with Gasteiger partial charge in [-0.1, -0.05) is 28.5 Å². The lowest BCUT2D eigenvalue weighted by molar-refractivity contribution is 0.405. The second-order valence-corrected chi connectivity index (χ2v) is 2.40. The third kappa shape index (κ3) is 1.14. The van der Waals surface area contributed by atoms with Gasteiger partial charge in [-0.25, -0.2) is 0 Å². The summed E-state index contributed by atoms with van der Waals surface area (Å²) in [5.74, 6) is -0.0903. The molecule has 0 unspecified atom stereocenters. The molecule has 0 atom stereocenters. The number of rotatable bonds is 0. The Balaban J connectivity index is 2.54. The molecule has 1 aromatic rings. The van der Waals surface area contributed by atoms with Crippen LogP contribution in [0, 0.1) is 0 Å². The summed E-state index contributed by atoms with van der Waals surface area (Å²) in [6, 6.07) is 7.51. The molecule has 0 saturated heterocycles. The fourth-order valence-corrected chi connectivity index (χ4v) is 1.02. The summed E-state index contributed by atoms with van der Waals surface area (Å²) in [5, 5.41) is 16.1. The summed E-state index contributed by atoms with van der Waals surface area (Å²) >= 11 is 0. The largest absolute Gasteiger partial charge is 0.492 e. The summed E-state index contributed by atoms with van der Waals surface area (Å²) < 4.78 is 0. The van der Waals surface area contributed by atoms with Gasteiger partial charge in [-0.3, -0.25) is 5.43 Å². The molecule has 1 aliphatic rings. The van der Waals surface area contributed by atoms with Gasteiger partial charge in [0.15, 0.2) is 0 Å². The number of benzene rings is 1. The number of anilines is 1. The molecule has 1 heterocycles. The Morgan fingerprint density at radius 2 is 2.08 bits per heavy atom. The van der Waals surface area contributed by atoms with E-state index in [1.807, 2.05) is 24.3 Å². The molecular formula is C8H7N3O. The van der Waals surface area contributed by atoms with E-state index in [4.69, 9.17) is 5.11 Å². The number of fused-ring (bicyclic) bond motifs is 1. The van der Waals surface area contributed by atoms with Gasteiger partial charge < -0.3 is 5.11 Å². The number of hydrogen-bond donors (Lipinski definition) is 2. The monoisotopic (exact) mass is 161 g/mol. The summed E-state index contributed by atoms with van der Waals surface area (Å²) in [4.78, 5) is 0. The zero-order valence-corrected chi connectivity index (χ0v) is 6.23. The molecule has 12 heavy (non-hydrogen) atoms. The van der Waals surface area contributed by atoms with Crippen molar-refractivity contribution in [2.24, 2.45) is 10.3 Å². The molecule has 0 fully saturated rings. The maximum absolute atomic E-state index is 9.10. The van der Waals surface area contributed by atoms with Crippen molar-refractivity contribution in [3.05, 3.63) is 35.7 Å². The van der Waals surface area contributed by atoms with Crippen molar-refractivity contribution in [1.29, 1.82) is 0 Å². The van der Waals surface area contributed by atoms with Crippen LogP contribution >= 0.6 is 0 Å². The predicted molar refractivity (Wildman–Crippen MR) is 45.5 cm³/mol. The molecule has 1 aromatic carbocycles. The van der Waals surface area contributed by atoms with E-state index >= 15 is 0 Å². The number of aliphatic hydroxyl groups is 1. The molecule has 0 saturated carbocycles.